The van der Waals surface area contributed by atoms with Crippen LogP contribution in [0.4, 0.5) is 0 Å². The topological polar surface area (TPSA) is 110 Å². The van der Waals surface area contributed by atoms with Gasteiger partial charge in [-0.25, -0.2) is 0 Å². The van der Waals surface area contributed by atoms with Crippen molar-refractivity contribution in [2.24, 2.45) is 11.5 Å². The molecule has 0 aliphatic rings. The Bertz CT molecular complexity index is 281. The molecule has 0 spiro atoms. The van der Waals surface area contributed by atoms with Crippen LogP contribution in [0, 0.1) is 0 Å². The van der Waals surface area contributed by atoms with E-state index in [0.29, 0.717) is 12.8 Å². The average molecular weight is 343 g/mol. The van der Waals surface area contributed by atoms with Gasteiger partial charge in [0.05, 0.1) is 0 Å². The van der Waals surface area contributed by atoms with Gasteiger partial charge in [-0.1, -0.05) is 25.7 Å². The number of carbonyl (C=O) groups excluding carboxylic acids is 2. The van der Waals surface area contributed by atoms with Gasteiger partial charge in [-0.2, -0.15) is 0 Å². The van der Waals surface area contributed by atoms with Crippen LogP contribution in [0.15, 0.2) is 0 Å². The maximum Gasteiger partial charge on any atom is 0.219 e. The van der Waals surface area contributed by atoms with Crippen LogP contribution in [0.1, 0.15) is 77.0 Å². The Balaban J connectivity index is 3.28. The Morgan fingerprint density at radius 1 is 0.542 bits per heavy atom. The number of carbonyl (C=O) groups is 2. The molecule has 0 saturated carbocycles. The first-order valence-electron chi connectivity index (χ1n) is 9.64. The largest absolute Gasteiger partial charge is 0.356 e. The predicted molar refractivity (Wildman–Crippen MR) is 99.5 cm³/mol. The molecule has 0 heterocycles. The van der Waals surface area contributed by atoms with Crippen LogP contribution in [0.2, 0.25) is 0 Å². The molecule has 0 aromatic heterocycles. The SMILES string of the molecule is NCCCCCNC(=O)CCCCCCC(=O)NCCCCCN. The maximum absolute atomic E-state index is 11.6. The van der Waals surface area contributed by atoms with Gasteiger partial charge in [0, 0.05) is 25.9 Å². The summed E-state index contributed by atoms with van der Waals surface area (Å²) < 4.78 is 0. The molecule has 0 unspecified atom stereocenters. The van der Waals surface area contributed by atoms with Gasteiger partial charge in [0.15, 0.2) is 0 Å². The Hall–Kier alpha value is -1.14. The lowest BCUT2D eigenvalue weighted by molar-refractivity contribution is -0.122. The van der Waals surface area contributed by atoms with Crippen LogP contribution >= 0.6 is 0 Å². The molecule has 0 aliphatic heterocycles. The summed E-state index contributed by atoms with van der Waals surface area (Å²) in [7, 11) is 0. The van der Waals surface area contributed by atoms with Crippen molar-refractivity contribution in [3.8, 4) is 0 Å². The van der Waals surface area contributed by atoms with Gasteiger partial charge in [0.1, 0.15) is 0 Å². The number of hydrogen-bond donors (Lipinski definition) is 4. The summed E-state index contributed by atoms with van der Waals surface area (Å²) in [4.78, 5) is 23.2. The third kappa shape index (κ3) is 17.2. The smallest absolute Gasteiger partial charge is 0.219 e. The number of unbranched alkanes of at least 4 members (excludes halogenated alkanes) is 7. The lowest BCUT2D eigenvalue weighted by Gasteiger charge is -2.06. The van der Waals surface area contributed by atoms with E-state index < -0.39 is 0 Å². The maximum atomic E-state index is 11.6. The fraction of sp³-hybridized carbons (Fsp3) is 0.889. The number of amides is 2. The minimum absolute atomic E-state index is 0.137. The van der Waals surface area contributed by atoms with E-state index in [0.717, 1.165) is 90.4 Å². The predicted octanol–water partition coefficient (Wildman–Crippen LogP) is 1.82. The third-order valence-corrected chi connectivity index (χ3v) is 3.96. The summed E-state index contributed by atoms with van der Waals surface area (Å²) in [6, 6.07) is 0. The zero-order chi connectivity index (χ0) is 17.9. The molecule has 24 heavy (non-hydrogen) atoms. The summed E-state index contributed by atoms with van der Waals surface area (Å²) in [6.07, 6.45) is 11.2. The first kappa shape index (κ1) is 22.9. The lowest BCUT2D eigenvalue weighted by atomic mass is 10.1. The molecule has 0 aliphatic carbocycles. The van der Waals surface area contributed by atoms with E-state index in [-0.39, 0.29) is 11.8 Å². The molecule has 0 saturated heterocycles. The molecule has 0 bridgehead atoms. The summed E-state index contributed by atoms with van der Waals surface area (Å²) >= 11 is 0. The van der Waals surface area contributed by atoms with Crippen LogP contribution in [-0.4, -0.2) is 38.0 Å². The lowest BCUT2D eigenvalue weighted by Crippen LogP contribution is -2.24. The molecule has 2 amide bonds. The fourth-order valence-electron chi connectivity index (χ4n) is 2.45. The zero-order valence-electron chi connectivity index (χ0n) is 15.3. The summed E-state index contributed by atoms with van der Waals surface area (Å²) in [5.41, 5.74) is 10.8. The number of nitrogens with two attached hydrogens (primary N) is 2. The first-order chi connectivity index (χ1) is 11.7. The Morgan fingerprint density at radius 2 is 0.917 bits per heavy atom. The molecule has 6 N–H and O–H groups in total. The Kier molecular flexibility index (Phi) is 17.3. The van der Waals surface area contributed by atoms with Crippen molar-refractivity contribution in [1.82, 2.24) is 10.6 Å². The molecule has 0 fully saturated rings. The zero-order valence-corrected chi connectivity index (χ0v) is 15.3. The molecule has 0 atom stereocenters. The van der Waals surface area contributed by atoms with E-state index >= 15 is 0 Å². The van der Waals surface area contributed by atoms with E-state index in [1.807, 2.05) is 0 Å². The number of rotatable bonds is 17. The quantitative estimate of drug-likeness (QED) is 0.302. The van der Waals surface area contributed by atoms with Crippen molar-refractivity contribution in [3.05, 3.63) is 0 Å². The third-order valence-electron chi connectivity index (χ3n) is 3.96. The van der Waals surface area contributed by atoms with Gasteiger partial charge < -0.3 is 22.1 Å². The second kappa shape index (κ2) is 18.2. The van der Waals surface area contributed by atoms with Gasteiger partial charge in [-0.15, -0.1) is 0 Å². The monoisotopic (exact) mass is 342 g/mol. The van der Waals surface area contributed by atoms with E-state index in [2.05, 4.69) is 10.6 Å². The highest BCUT2D eigenvalue weighted by Crippen LogP contribution is 2.05. The van der Waals surface area contributed by atoms with E-state index in [4.69, 9.17) is 11.5 Å². The van der Waals surface area contributed by atoms with Gasteiger partial charge >= 0.3 is 0 Å². The van der Waals surface area contributed by atoms with Crippen molar-refractivity contribution in [2.75, 3.05) is 26.2 Å². The molecule has 0 aromatic carbocycles. The Labute approximate surface area is 147 Å². The molecule has 0 rings (SSSR count). The minimum atomic E-state index is 0.137. The Morgan fingerprint density at radius 3 is 1.29 bits per heavy atom. The van der Waals surface area contributed by atoms with Crippen LogP contribution in [-0.2, 0) is 9.59 Å². The second-order valence-electron chi connectivity index (χ2n) is 6.31. The second-order valence-corrected chi connectivity index (χ2v) is 6.31. The van der Waals surface area contributed by atoms with Crippen molar-refractivity contribution >= 4 is 11.8 Å². The molecular formula is C18H38N4O2. The van der Waals surface area contributed by atoms with Gasteiger partial charge in [0.2, 0.25) is 11.8 Å². The fourth-order valence-corrected chi connectivity index (χ4v) is 2.45. The van der Waals surface area contributed by atoms with E-state index in [9.17, 15) is 9.59 Å². The van der Waals surface area contributed by atoms with Crippen LogP contribution in [0.5, 0.6) is 0 Å². The molecular weight excluding hydrogens is 304 g/mol. The summed E-state index contributed by atoms with van der Waals surface area (Å²) in [5, 5.41) is 5.87. The van der Waals surface area contributed by atoms with Crippen molar-refractivity contribution in [3.63, 3.8) is 0 Å². The molecule has 6 nitrogen and oxygen atoms in total. The van der Waals surface area contributed by atoms with Crippen LogP contribution in [0.3, 0.4) is 0 Å². The summed E-state index contributed by atoms with van der Waals surface area (Å²) in [5.74, 6) is 0.274. The molecule has 0 aromatic rings. The molecule has 142 valence electrons. The standard InChI is InChI=1S/C18H38N4O2/c19-13-7-3-9-15-21-17(23)11-5-1-2-6-12-18(24)22-16-10-4-8-14-20/h1-16,19-20H2,(H,21,23)(H,22,24). The van der Waals surface area contributed by atoms with Gasteiger partial charge in [0.25, 0.3) is 0 Å². The highest BCUT2D eigenvalue weighted by molar-refractivity contribution is 5.76. The van der Waals surface area contributed by atoms with Gasteiger partial charge in [-0.3, -0.25) is 9.59 Å². The van der Waals surface area contributed by atoms with E-state index in [1.165, 1.54) is 0 Å². The normalized spacial score (nSPS) is 10.6. The highest BCUT2D eigenvalue weighted by atomic mass is 16.2. The number of hydrogen-bond acceptors (Lipinski definition) is 4. The van der Waals surface area contributed by atoms with Crippen molar-refractivity contribution in [2.45, 2.75) is 77.0 Å². The summed E-state index contributed by atoms with van der Waals surface area (Å²) in [6.45, 7) is 2.95. The van der Waals surface area contributed by atoms with Crippen LogP contribution in [0.25, 0.3) is 0 Å². The molecule has 0 radical (unpaired) electrons. The molecule has 6 heteroatoms. The van der Waals surface area contributed by atoms with Crippen molar-refractivity contribution < 1.29 is 9.59 Å². The first-order valence-corrected chi connectivity index (χ1v) is 9.64. The van der Waals surface area contributed by atoms with Gasteiger partial charge in [-0.05, 0) is 51.6 Å². The average Bonchev–Trinajstić information content (AvgIpc) is 2.57. The van der Waals surface area contributed by atoms with Crippen LogP contribution < -0.4 is 22.1 Å². The van der Waals surface area contributed by atoms with Crippen molar-refractivity contribution in [1.29, 1.82) is 0 Å². The number of nitrogens with one attached hydrogen (secondary N) is 2. The highest BCUT2D eigenvalue weighted by Gasteiger charge is 2.02. The minimum Gasteiger partial charge on any atom is -0.356 e. The van der Waals surface area contributed by atoms with E-state index in [1.54, 1.807) is 0 Å².